The van der Waals surface area contributed by atoms with Crippen molar-refractivity contribution in [3.63, 3.8) is 0 Å². The lowest BCUT2D eigenvalue weighted by Gasteiger charge is -2.21. The molecule has 120 valence electrons. The number of nitrogens with zero attached hydrogens (tertiary/aromatic N) is 5. The summed E-state index contributed by atoms with van der Waals surface area (Å²) in [4.78, 5) is 23.1. The third-order valence-corrected chi connectivity index (χ3v) is 3.65. The van der Waals surface area contributed by atoms with E-state index in [-0.39, 0.29) is 18.4 Å². The van der Waals surface area contributed by atoms with Gasteiger partial charge in [0.25, 0.3) is 0 Å². The second-order valence-corrected chi connectivity index (χ2v) is 5.29. The van der Waals surface area contributed by atoms with Crippen molar-refractivity contribution < 1.29 is 14.3 Å². The lowest BCUT2D eigenvalue weighted by Crippen LogP contribution is -2.33. The minimum atomic E-state index is -1.18. The Kier molecular flexibility index (Phi) is 3.49. The number of nitrogen functional groups attached to an aromatic ring is 2. The first-order valence-corrected chi connectivity index (χ1v) is 6.92. The predicted molar refractivity (Wildman–Crippen MR) is 78.5 cm³/mol. The average molecular weight is 317 g/mol. The number of carbonyl (C=O) groups is 1. The van der Waals surface area contributed by atoms with Crippen molar-refractivity contribution in [3.8, 4) is 6.07 Å². The van der Waals surface area contributed by atoms with Crippen LogP contribution in [0, 0.1) is 11.3 Å². The van der Waals surface area contributed by atoms with Gasteiger partial charge >= 0.3 is 5.97 Å². The molecule has 3 rings (SSSR count). The molecule has 1 fully saturated rings. The molecule has 3 heterocycles. The Balaban J connectivity index is 1.90. The summed E-state index contributed by atoms with van der Waals surface area (Å²) in [5, 5.41) is 9.39. The fourth-order valence-corrected chi connectivity index (χ4v) is 2.54. The van der Waals surface area contributed by atoms with Crippen LogP contribution in [-0.4, -0.2) is 37.7 Å². The van der Waals surface area contributed by atoms with Gasteiger partial charge in [-0.05, 0) is 12.8 Å². The van der Waals surface area contributed by atoms with Gasteiger partial charge in [0.1, 0.15) is 24.4 Å². The van der Waals surface area contributed by atoms with Crippen molar-refractivity contribution in [2.24, 2.45) is 0 Å². The number of ether oxygens (including phenoxy) is 2. The van der Waals surface area contributed by atoms with E-state index in [9.17, 15) is 10.1 Å². The third-order valence-electron chi connectivity index (χ3n) is 3.65. The minimum Gasteiger partial charge on any atom is -0.462 e. The van der Waals surface area contributed by atoms with Crippen molar-refractivity contribution in [2.75, 3.05) is 18.1 Å². The summed E-state index contributed by atoms with van der Waals surface area (Å²) >= 11 is 0. The van der Waals surface area contributed by atoms with Crippen LogP contribution >= 0.6 is 0 Å². The number of hydrogen-bond donors (Lipinski definition) is 2. The molecule has 0 radical (unpaired) electrons. The second-order valence-electron chi connectivity index (χ2n) is 5.29. The van der Waals surface area contributed by atoms with Gasteiger partial charge < -0.3 is 20.9 Å². The monoisotopic (exact) mass is 317 g/mol. The lowest BCUT2D eigenvalue weighted by molar-refractivity contribution is -0.149. The number of aromatic nitrogens is 4. The zero-order valence-corrected chi connectivity index (χ0v) is 12.4. The molecule has 0 amide bonds. The molecule has 2 aromatic heterocycles. The van der Waals surface area contributed by atoms with Gasteiger partial charge in [0, 0.05) is 6.92 Å². The Morgan fingerprint density at radius 2 is 2.39 bits per heavy atom. The first-order valence-electron chi connectivity index (χ1n) is 6.92. The fourth-order valence-electron chi connectivity index (χ4n) is 2.54. The van der Waals surface area contributed by atoms with Crippen LogP contribution in [0.4, 0.5) is 11.8 Å². The zero-order valence-electron chi connectivity index (χ0n) is 12.4. The number of nitrogens with two attached hydrogens (primary N) is 2. The normalized spacial score (nSPS) is 23.7. The zero-order chi connectivity index (χ0) is 16.6. The predicted octanol–water partition coefficient (Wildman–Crippen LogP) is 0.125. The Bertz CT molecular complexity index is 812. The van der Waals surface area contributed by atoms with Gasteiger partial charge in [-0.25, -0.2) is 4.98 Å². The topological polar surface area (TPSA) is 155 Å². The third kappa shape index (κ3) is 2.62. The summed E-state index contributed by atoms with van der Waals surface area (Å²) in [5.74, 6) is -0.259. The molecule has 10 heteroatoms. The molecule has 1 saturated heterocycles. The van der Waals surface area contributed by atoms with E-state index in [0.717, 1.165) is 0 Å². The number of imidazole rings is 1. The van der Waals surface area contributed by atoms with Crippen LogP contribution in [0.5, 0.6) is 0 Å². The van der Waals surface area contributed by atoms with E-state index in [4.69, 9.17) is 20.9 Å². The maximum absolute atomic E-state index is 11.0. The second kappa shape index (κ2) is 5.36. The molecule has 1 unspecified atom stereocenters. The molecular formula is C13H15N7O3. The quantitative estimate of drug-likeness (QED) is 0.751. The molecule has 0 saturated carbocycles. The molecule has 0 bridgehead atoms. The summed E-state index contributed by atoms with van der Waals surface area (Å²) in [6.07, 6.45) is 1.98. The Morgan fingerprint density at radius 1 is 1.61 bits per heavy atom. The molecule has 1 aliphatic rings. The van der Waals surface area contributed by atoms with E-state index in [2.05, 4.69) is 21.0 Å². The molecule has 1 aliphatic heterocycles. The van der Waals surface area contributed by atoms with Crippen molar-refractivity contribution in [3.05, 3.63) is 6.33 Å². The van der Waals surface area contributed by atoms with Gasteiger partial charge in [0.05, 0.1) is 6.33 Å². The number of carbonyl (C=O) groups excluding carboxylic acids is 1. The number of nitriles is 1. The maximum atomic E-state index is 11.0. The van der Waals surface area contributed by atoms with Crippen molar-refractivity contribution in [2.45, 2.75) is 31.6 Å². The average Bonchev–Trinajstić information content (AvgIpc) is 3.09. The van der Waals surface area contributed by atoms with Crippen LogP contribution in [0.15, 0.2) is 6.33 Å². The summed E-state index contributed by atoms with van der Waals surface area (Å²) in [7, 11) is 0. The van der Waals surface area contributed by atoms with Gasteiger partial charge in [-0.2, -0.15) is 15.2 Å². The van der Waals surface area contributed by atoms with E-state index < -0.39 is 17.8 Å². The van der Waals surface area contributed by atoms with Crippen LogP contribution in [-0.2, 0) is 14.3 Å². The van der Waals surface area contributed by atoms with Crippen LogP contribution in [0.1, 0.15) is 26.0 Å². The Hall–Kier alpha value is -2.93. The number of hydrogen-bond acceptors (Lipinski definition) is 9. The van der Waals surface area contributed by atoms with Crippen molar-refractivity contribution >= 4 is 28.9 Å². The summed E-state index contributed by atoms with van der Waals surface area (Å²) in [5.41, 5.74) is 11.1. The molecular weight excluding hydrogens is 302 g/mol. The van der Waals surface area contributed by atoms with E-state index >= 15 is 0 Å². The highest BCUT2D eigenvalue weighted by Crippen LogP contribution is 2.37. The van der Waals surface area contributed by atoms with E-state index in [0.29, 0.717) is 24.0 Å². The molecule has 0 spiro atoms. The van der Waals surface area contributed by atoms with Gasteiger partial charge in [0.2, 0.25) is 5.95 Å². The first-order chi connectivity index (χ1) is 10.9. The largest absolute Gasteiger partial charge is 0.462 e. The van der Waals surface area contributed by atoms with Gasteiger partial charge in [0.15, 0.2) is 17.1 Å². The van der Waals surface area contributed by atoms with Gasteiger partial charge in [-0.3, -0.25) is 9.36 Å². The smallest absolute Gasteiger partial charge is 0.302 e. The molecule has 23 heavy (non-hydrogen) atoms. The lowest BCUT2D eigenvalue weighted by atomic mass is 10.0. The summed E-state index contributed by atoms with van der Waals surface area (Å²) in [6.45, 7) is 1.16. The molecule has 2 aromatic rings. The first kappa shape index (κ1) is 15.0. The Labute approximate surface area is 131 Å². The number of fused-ring (bicyclic) bond motifs is 1. The van der Waals surface area contributed by atoms with Gasteiger partial charge in [-0.15, -0.1) is 0 Å². The van der Waals surface area contributed by atoms with Crippen molar-refractivity contribution in [1.29, 1.82) is 5.26 Å². The summed E-state index contributed by atoms with van der Waals surface area (Å²) in [6, 6.07) is 2.08. The summed E-state index contributed by atoms with van der Waals surface area (Å²) < 4.78 is 12.4. The molecule has 4 N–H and O–H groups in total. The van der Waals surface area contributed by atoms with Crippen LogP contribution in [0.25, 0.3) is 11.2 Å². The molecule has 2 atom stereocenters. The van der Waals surface area contributed by atoms with Crippen LogP contribution in [0.3, 0.4) is 0 Å². The highest BCUT2D eigenvalue weighted by molar-refractivity contribution is 5.82. The highest BCUT2D eigenvalue weighted by Gasteiger charge is 2.43. The van der Waals surface area contributed by atoms with E-state index in [1.807, 2.05) is 0 Å². The number of rotatable bonds is 3. The fraction of sp³-hybridized carbons (Fsp3) is 0.462. The maximum Gasteiger partial charge on any atom is 0.302 e. The molecule has 10 nitrogen and oxygen atoms in total. The van der Waals surface area contributed by atoms with Gasteiger partial charge in [-0.1, -0.05) is 0 Å². The molecule has 0 aromatic carbocycles. The SMILES string of the molecule is CC(=O)OCC1(C#N)CC[C@H](n2cnc3c(N)nc(N)nc32)O1. The van der Waals surface area contributed by atoms with E-state index in [1.54, 1.807) is 4.57 Å². The van der Waals surface area contributed by atoms with Crippen LogP contribution in [0.2, 0.25) is 0 Å². The Morgan fingerprint density at radius 3 is 3.09 bits per heavy atom. The number of anilines is 2. The number of esters is 1. The minimum absolute atomic E-state index is 0.0289. The molecule has 0 aliphatic carbocycles. The van der Waals surface area contributed by atoms with Crippen LogP contribution < -0.4 is 11.5 Å². The van der Waals surface area contributed by atoms with Crippen molar-refractivity contribution in [1.82, 2.24) is 19.5 Å². The standard InChI is InChI=1S/C13H15N7O3/c1-7(21)22-5-13(4-14)3-2-8(23-13)20-6-17-9-10(15)18-12(16)19-11(9)20/h6,8H,2-3,5H2,1H3,(H4,15,16,18,19)/t8-,13?/m1/s1. The highest BCUT2D eigenvalue weighted by atomic mass is 16.6. The van der Waals surface area contributed by atoms with E-state index in [1.165, 1.54) is 13.3 Å².